The van der Waals surface area contributed by atoms with Gasteiger partial charge in [-0.15, -0.1) is 0 Å². The van der Waals surface area contributed by atoms with Gasteiger partial charge in [0.15, 0.2) is 6.04 Å². The number of esters is 1. The molecule has 0 bridgehead atoms. The van der Waals surface area contributed by atoms with Crippen molar-refractivity contribution >= 4 is 17.3 Å². The summed E-state index contributed by atoms with van der Waals surface area (Å²) in [5.41, 5.74) is 0.853. The van der Waals surface area contributed by atoms with Crippen LogP contribution < -0.4 is 0 Å². The molecule has 4 nitrogen and oxygen atoms in total. The van der Waals surface area contributed by atoms with Gasteiger partial charge in [-0.2, -0.15) is 21.6 Å². The van der Waals surface area contributed by atoms with Crippen molar-refractivity contribution in [3.8, 4) is 0 Å². The maximum atomic E-state index is 11.8. The second-order valence-corrected chi connectivity index (χ2v) is 5.15. The van der Waals surface area contributed by atoms with Crippen LogP contribution in [-0.4, -0.2) is 19.1 Å². The number of rotatable bonds is 7. The van der Waals surface area contributed by atoms with Gasteiger partial charge in [-0.1, -0.05) is 13.8 Å². The number of carbonyl (C=O) groups is 1. The lowest BCUT2D eigenvalue weighted by molar-refractivity contribution is -0.144. The molecule has 0 spiro atoms. The van der Waals surface area contributed by atoms with Crippen LogP contribution in [0.25, 0.3) is 0 Å². The Kier molecular flexibility index (Phi) is 6.57. The molecule has 1 aromatic heterocycles. The molecule has 1 unspecified atom stereocenters. The van der Waals surface area contributed by atoms with E-state index in [4.69, 9.17) is 4.74 Å². The summed E-state index contributed by atoms with van der Waals surface area (Å²) in [6, 6.07) is 1.27. The molecule has 0 aliphatic rings. The third-order valence-corrected chi connectivity index (χ3v) is 3.07. The molecule has 1 aromatic rings. The summed E-state index contributed by atoms with van der Waals surface area (Å²) < 4.78 is 5.02. The fraction of sp³-hybridized carbons (Fsp3) is 0.615. The zero-order valence-corrected chi connectivity index (χ0v) is 11.9. The standard InChI is InChI=1S/C13H20N2O2S/c1-4-17-13(16)12(11-6-8-18-9-11)15-14-7-5-10(2)3/h6,8-10,12H,4-5,7H2,1-3H3. The second-order valence-electron chi connectivity index (χ2n) is 4.37. The number of nitrogens with zero attached hydrogens (tertiary/aromatic N) is 2. The van der Waals surface area contributed by atoms with Crippen molar-refractivity contribution in [2.24, 2.45) is 16.1 Å². The predicted octanol–water partition coefficient (Wildman–Crippen LogP) is 3.85. The van der Waals surface area contributed by atoms with Crippen LogP contribution in [0.5, 0.6) is 0 Å². The number of ether oxygens (including phenoxy) is 1. The van der Waals surface area contributed by atoms with Crippen LogP contribution in [0, 0.1) is 5.92 Å². The van der Waals surface area contributed by atoms with E-state index in [0.717, 1.165) is 12.0 Å². The molecule has 0 saturated heterocycles. The highest BCUT2D eigenvalue weighted by Gasteiger charge is 2.21. The fourth-order valence-electron chi connectivity index (χ4n) is 1.36. The van der Waals surface area contributed by atoms with Crippen molar-refractivity contribution in [1.29, 1.82) is 0 Å². The summed E-state index contributed by atoms with van der Waals surface area (Å²) in [6.45, 7) is 7.08. The Bertz CT molecular complexity index is 374. The Morgan fingerprint density at radius 2 is 2.28 bits per heavy atom. The number of thiophene rings is 1. The first kappa shape index (κ1) is 14.8. The van der Waals surface area contributed by atoms with Gasteiger partial charge in [0.1, 0.15) is 0 Å². The van der Waals surface area contributed by atoms with E-state index < -0.39 is 6.04 Å². The van der Waals surface area contributed by atoms with Crippen LogP contribution in [0.1, 0.15) is 38.8 Å². The van der Waals surface area contributed by atoms with Crippen LogP contribution in [0.4, 0.5) is 0 Å². The minimum Gasteiger partial charge on any atom is -0.464 e. The molecular weight excluding hydrogens is 248 g/mol. The Labute approximate surface area is 112 Å². The molecular formula is C13H20N2O2S. The third-order valence-electron chi connectivity index (χ3n) is 2.37. The predicted molar refractivity (Wildman–Crippen MR) is 72.9 cm³/mol. The average Bonchev–Trinajstić information content (AvgIpc) is 2.82. The first-order valence-corrected chi connectivity index (χ1v) is 7.14. The van der Waals surface area contributed by atoms with Gasteiger partial charge in [0.05, 0.1) is 13.2 Å². The van der Waals surface area contributed by atoms with E-state index in [1.165, 1.54) is 11.3 Å². The number of carbonyl (C=O) groups excluding carboxylic acids is 1. The van der Waals surface area contributed by atoms with Gasteiger partial charge < -0.3 is 4.74 Å². The van der Waals surface area contributed by atoms with Gasteiger partial charge >= 0.3 is 5.97 Å². The summed E-state index contributed by atoms with van der Waals surface area (Å²) in [6.07, 6.45) is 0.975. The summed E-state index contributed by atoms with van der Waals surface area (Å²) in [5.74, 6) is 0.260. The van der Waals surface area contributed by atoms with E-state index in [1.807, 2.05) is 16.8 Å². The fourth-order valence-corrected chi connectivity index (χ4v) is 2.04. The third kappa shape index (κ3) is 4.96. The minimum atomic E-state index is -0.608. The number of hydrogen-bond acceptors (Lipinski definition) is 5. The van der Waals surface area contributed by atoms with Crippen molar-refractivity contribution in [3.05, 3.63) is 22.4 Å². The highest BCUT2D eigenvalue weighted by molar-refractivity contribution is 7.08. The Balaban J connectivity index is 2.64. The van der Waals surface area contributed by atoms with Crippen molar-refractivity contribution in [2.45, 2.75) is 33.2 Å². The van der Waals surface area contributed by atoms with Crippen LogP contribution in [-0.2, 0) is 9.53 Å². The van der Waals surface area contributed by atoms with Crippen molar-refractivity contribution < 1.29 is 9.53 Å². The maximum Gasteiger partial charge on any atom is 0.337 e. The molecule has 1 atom stereocenters. The lowest BCUT2D eigenvalue weighted by Gasteiger charge is -2.08. The van der Waals surface area contributed by atoms with E-state index >= 15 is 0 Å². The normalized spacial score (nSPS) is 13.1. The number of azo groups is 1. The molecule has 0 amide bonds. The molecule has 0 N–H and O–H groups in total. The van der Waals surface area contributed by atoms with Crippen molar-refractivity contribution in [2.75, 3.05) is 13.2 Å². The second kappa shape index (κ2) is 7.97. The molecule has 0 saturated carbocycles. The molecule has 0 aromatic carbocycles. The summed E-state index contributed by atoms with van der Waals surface area (Å²) >= 11 is 1.54. The van der Waals surface area contributed by atoms with Gasteiger partial charge in [0.25, 0.3) is 0 Å². The largest absolute Gasteiger partial charge is 0.464 e. The molecule has 0 fully saturated rings. The van der Waals surface area contributed by atoms with Crippen LogP contribution >= 0.6 is 11.3 Å². The molecule has 18 heavy (non-hydrogen) atoms. The van der Waals surface area contributed by atoms with Crippen LogP contribution in [0.2, 0.25) is 0 Å². The lowest BCUT2D eigenvalue weighted by Crippen LogP contribution is -2.13. The van der Waals surface area contributed by atoms with E-state index in [0.29, 0.717) is 19.1 Å². The Morgan fingerprint density at radius 3 is 2.83 bits per heavy atom. The smallest absolute Gasteiger partial charge is 0.337 e. The van der Waals surface area contributed by atoms with Crippen LogP contribution in [0.15, 0.2) is 27.1 Å². The van der Waals surface area contributed by atoms with Crippen molar-refractivity contribution in [1.82, 2.24) is 0 Å². The maximum absolute atomic E-state index is 11.8. The average molecular weight is 268 g/mol. The summed E-state index contributed by atoms with van der Waals surface area (Å²) in [4.78, 5) is 11.8. The van der Waals surface area contributed by atoms with Gasteiger partial charge in [-0.25, -0.2) is 4.79 Å². The first-order chi connectivity index (χ1) is 8.65. The van der Waals surface area contributed by atoms with E-state index in [2.05, 4.69) is 24.1 Å². The molecule has 5 heteroatoms. The molecule has 0 aliphatic heterocycles. The number of hydrogen-bond donors (Lipinski definition) is 0. The quantitative estimate of drug-likeness (QED) is 0.557. The van der Waals surface area contributed by atoms with Gasteiger partial charge in [-0.05, 0) is 36.1 Å². The van der Waals surface area contributed by atoms with Gasteiger partial charge in [-0.3, -0.25) is 0 Å². The van der Waals surface area contributed by atoms with Crippen LogP contribution in [0.3, 0.4) is 0 Å². The SMILES string of the molecule is CCOC(=O)C(N=NCCC(C)C)c1ccsc1. The topological polar surface area (TPSA) is 51.0 Å². The highest BCUT2D eigenvalue weighted by Crippen LogP contribution is 2.22. The molecule has 100 valence electrons. The molecule has 1 heterocycles. The Morgan fingerprint density at radius 1 is 1.50 bits per heavy atom. The monoisotopic (exact) mass is 268 g/mol. The molecule has 1 rings (SSSR count). The van der Waals surface area contributed by atoms with E-state index in [-0.39, 0.29) is 5.97 Å². The zero-order chi connectivity index (χ0) is 13.4. The molecule has 0 radical (unpaired) electrons. The molecule has 0 aliphatic carbocycles. The highest BCUT2D eigenvalue weighted by atomic mass is 32.1. The van der Waals surface area contributed by atoms with Crippen molar-refractivity contribution in [3.63, 3.8) is 0 Å². The van der Waals surface area contributed by atoms with E-state index in [1.54, 1.807) is 6.92 Å². The minimum absolute atomic E-state index is 0.329. The summed E-state index contributed by atoms with van der Waals surface area (Å²) in [5, 5.41) is 12.0. The lowest BCUT2D eigenvalue weighted by atomic mass is 10.1. The first-order valence-electron chi connectivity index (χ1n) is 6.20. The Hall–Kier alpha value is -1.23. The van der Waals surface area contributed by atoms with Gasteiger partial charge in [0.2, 0.25) is 0 Å². The zero-order valence-electron chi connectivity index (χ0n) is 11.1. The van der Waals surface area contributed by atoms with E-state index in [9.17, 15) is 4.79 Å². The van der Waals surface area contributed by atoms with Gasteiger partial charge in [0, 0.05) is 5.56 Å². The summed E-state index contributed by atoms with van der Waals surface area (Å²) in [7, 11) is 0.